The van der Waals surface area contributed by atoms with Crippen molar-refractivity contribution in [2.24, 2.45) is 0 Å². The third-order valence-corrected chi connectivity index (χ3v) is 7.48. The van der Waals surface area contributed by atoms with Crippen molar-refractivity contribution in [1.29, 1.82) is 0 Å². The van der Waals surface area contributed by atoms with Gasteiger partial charge in [0.25, 0.3) is 20.2 Å². The second-order valence-electron chi connectivity index (χ2n) is 8.47. The van der Waals surface area contributed by atoms with Crippen LogP contribution in [0.1, 0.15) is 82.5 Å². The molecule has 0 unspecified atom stereocenters. The minimum absolute atomic E-state index is 0.163. The normalized spacial score (nSPS) is 12.5. The maximum atomic E-state index is 11.7. The molecule has 0 atom stereocenters. The molecule has 0 radical (unpaired) electrons. The molecule has 0 aliphatic carbocycles. The predicted molar refractivity (Wildman–Crippen MR) is 134 cm³/mol. The van der Waals surface area contributed by atoms with Gasteiger partial charge >= 0.3 is 0 Å². The maximum absolute atomic E-state index is 11.7. The van der Waals surface area contributed by atoms with Gasteiger partial charge in [0.15, 0.2) is 0 Å². The van der Waals surface area contributed by atoms with Gasteiger partial charge in [0.2, 0.25) is 0 Å². The van der Waals surface area contributed by atoms with E-state index in [1.165, 1.54) is 50.7 Å². The molecule has 0 amide bonds. The second-order valence-corrected chi connectivity index (χ2v) is 12.0. The quantitative estimate of drug-likeness (QED) is 0.159. The van der Waals surface area contributed by atoms with Gasteiger partial charge in [-0.2, -0.15) is 16.8 Å². The highest BCUT2D eigenvalue weighted by Gasteiger charge is 2.17. The Morgan fingerprint density at radius 3 is 2.21 bits per heavy atom. The van der Waals surface area contributed by atoms with E-state index in [1.807, 2.05) is 0 Å². The van der Waals surface area contributed by atoms with Crippen molar-refractivity contribution in [1.82, 2.24) is 9.97 Å². The zero-order valence-corrected chi connectivity index (χ0v) is 21.5. The van der Waals surface area contributed by atoms with Crippen LogP contribution in [-0.2, 0) is 33.1 Å². The molecule has 2 aromatic rings. The molecule has 33 heavy (non-hydrogen) atoms. The second kappa shape index (κ2) is 12.9. The van der Waals surface area contributed by atoms with Crippen LogP contribution in [0.15, 0.2) is 17.0 Å². The third kappa shape index (κ3) is 10.2. The van der Waals surface area contributed by atoms with Gasteiger partial charge in [-0.25, -0.2) is 4.98 Å². The fourth-order valence-corrected chi connectivity index (χ4v) is 5.16. The smallest absolute Gasteiger partial charge is 0.294 e. The summed E-state index contributed by atoms with van der Waals surface area (Å²) in [5.41, 5.74) is 1.57. The van der Waals surface area contributed by atoms with Crippen LogP contribution in [-0.4, -0.2) is 46.5 Å². The standard InChI is InChI=1S/C22H34N2O6S3/c1-2-3-4-5-6-7-8-9-11-18(31)14-17-15-19(33(28,29)30)16-20-22(17)24-21(23-20)12-10-13-32(25,26)27/h15-16H,2-14H2,1H3,(H,23,24)(H,25,26,27)(H,28,29,30). The molecule has 0 aliphatic heterocycles. The number of hydrogen-bond acceptors (Lipinski definition) is 6. The lowest BCUT2D eigenvalue weighted by Crippen LogP contribution is -2.05. The SMILES string of the molecule is CCCCCCCCCCC(=S)Cc1cc(S(=O)(=O)O)cc2[nH]c(CCCS(=O)(=O)O)nc12. The lowest BCUT2D eigenvalue weighted by atomic mass is 10.0. The van der Waals surface area contributed by atoms with Crippen LogP contribution in [0.5, 0.6) is 0 Å². The summed E-state index contributed by atoms with van der Waals surface area (Å²) < 4.78 is 63.7. The molecule has 186 valence electrons. The summed E-state index contributed by atoms with van der Waals surface area (Å²) in [7, 11) is -8.48. The maximum Gasteiger partial charge on any atom is 0.294 e. The summed E-state index contributed by atoms with van der Waals surface area (Å²) in [4.78, 5) is 8.02. The molecule has 0 saturated carbocycles. The van der Waals surface area contributed by atoms with Gasteiger partial charge in [-0.05, 0) is 41.8 Å². The topological polar surface area (TPSA) is 137 Å². The number of hydrogen-bond donors (Lipinski definition) is 3. The van der Waals surface area contributed by atoms with Gasteiger partial charge in [-0.3, -0.25) is 9.11 Å². The first kappa shape index (κ1) is 27.8. The van der Waals surface area contributed by atoms with Gasteiger partial charge in [0.05, 0.1) is 21.7 Å². The Morgan fingerprint density at radius 1 is 0.970 bits per heavy atom. The molecular formula is C22H34N2O6S3. The zero-order valence-electron chi connectivity index (χ0n) is 19.0. The zero-order chi connectivity index (χ0) is 24.5. The number of imidazole rings is 1. The highest BCUT2D eigenvalue weighted by molar-refractivity contribution is 7.86. The van der Waals surface area contributed by atoms with Crippen LogP contribution in [0.3, 0.4) is 0 Å². The Bertz CT molecular complexity index is 1140. The predicted octanol–water partition coefficient (Wildman–Crippen LogP) is 5.07. The van der Waals surface area contributed by atoms with Crippen molar-refractivity contribution in [3.8, 4) is 0 Å². The number of aromatic nitrogens is 2. The number of aryl methyl sites for hydroxylation is 1. The first-order valence-corrected chi connectivity index (χ1v) is 14.9. The Balaban J connectivity index is 2.04. The van der Waals surface area contributed by atoms with E-state index in [4.69, 9.17) is 16.8 Å². The summed E-state index contributed by atoms with van der Waals surface area (Å²) in [6.45, 7) is 2.20. The number of H-pyrrole nitrogens is 1. The van der Waals surface area contributed by atoms with Crippen molar-refractivity contribution < 1.29 is 25.9 Å². The van der Waals surface area contributed by atoms with E-state index in [-0.39, 0.29) is 17.7 Å². The summed E-state index contributed by atoms with van der Waals surface area (Å²) in [5, 5.41) is 0. The first-order valence-electron chi connectivity index (χ1n) is 11.5. The number of thiocarbonyl (C=S) groups is 1. The first-order chi connectivity index (χ1) is 15.5. The number of fused-ring (bicyclic) bond motifs is 1. The minimum Gasteiger partial charge on any atom is -0.342 e. The number of rotatable bonds is 16. The van der Waals surface area contributed by atoms with Crippen molar-refractivity contribution >= 4 is 48.4 Å². The Labute approximate surface area is 202 Å². The van der Waals surface area contributed by atoms with Crippen LogP contribution >= 0.6 is 12.2 Å². The molecule has 0 aliphatic rings. The number of unbranched alkanes of at least 4 members (excludes halogenated alkanes) is 7. The van der Waals surface area contributed by atoms with Crippen molar-refractivity contribution in [3.63, 3.8) is 0 Å². The van der Waals surface area contributed by atoms with Gasteiger partial charge < -0.3 is 4.98 Å². The Morgan fingerprint density at radius 2 is 1.61 bits per heavy atom. The fraction of sp³-hybridized carbons (Fsp3) is 0.636. The molecule has 0 spiro atoms. The highest BCUT2D eigenvalue weighted by Crippen LogP contribution is 2.24. The van der Waals surface area contributed by atoms with Crippen LogP contribution in [0.25, 0.3) is 11.0 Å². The third-order valence-electron chi connectivity index (χ3n) is 5.50. The fourth-order valence-electron chi connectivity index (χ4n) is 3.79. The van der Waals surface area contributed by atoms with Gasteiger partial charge in [-0.15, -0.1) is 0 Å². The number of benzene rings is 1. The lowest BCUT2D eigenvalue weighted by molar-refractivity contribution is 0.479. The van der Waals surface area contributed by atoms with E-state index in [1.54, 1.807) is 0 Å². The molecule has 2 rings (SSSR count). The Kier molecular flexibility index (Phi) is 10.9. The van der Waals surface area contributed by atoms with Crippen molar-refractivity contribution in [2.75, 3.05) is 5.75 Å². The van der Waals surface area contributed by atoms with E-state index < -0.39 is 26.0 Å². The molecule has 1 heterocycles. The average molecular weight is 519 g/mol. The van der Waals surface area contributed by atoms with Crippen LogP contribution in [0.2, 0.25) is 0 Å². The molecule has 8 nitrogen and oxygen atoms in total. The van der Waals surface area contributed by atoms with E-state index in [9.17, 15) is 21.4 Å². The van der Waals surface area contributed by atoms with Gasteiger partial charge in [0, 0.05) is 12.8 Å². The molecular weight excluding hydrogens is 484 g/mol. The molecule has 0 fully saturated rings. The van der Waals surface area contributed by atoms with E-state index in [2.05, 4.69) is 16.9 Å². The molecule has 0 saturated heterocycles. The number of nitrogens with zero attached hydrogens (tertiary/aromatic N) is 1. The molecule has 3 N–H and O–H groups in total. The minimum atomic E-state index is -4.42. The summed E-state index contributed by atoms with van der Waals surface area (Å²) in [6, 6.07) is 2.69. The number of aromatic amines is 1. The lowest BCUT2D eigenvalue weighted by Gasteiger charge is -2.07. The van der Waals surface area contributed by atoms with E-state index in [0.29, 0.717) is 28.8 Å². The summed E-state index contributed by atoms with van der Waals surface area (Å²) >= 11 is 5.54. The molecule has 1 aromatic carbocycles. The molecule has 11 heteroatoms. The summed E-state index contributed by atoms with van der Waals surface area (Å²) in [5.74, 6) is 0.0759. The van der Waals surface area contributed by atoms with E-state index in [0.717, 1.165) is 24.1 Å². The Hall–Kier alpha value is -1.40. The highest BCUT2D eigenvalue weighted by atomic mass is 32.2. The molecule has 0 bridgehead atoms. The van der Waals surface area contributed by atoms with Crippen molar-refractivity contribution in [2.45, 2.75) is 88.9 Å². The van der Waals surface area contributed by atoms with Gasteiger partial charge in [0.1, 0.15) is 5.82 Å². The van der Waals surface area contributed by atoms with Crippen LogP contribution < -0.4 is 0 Å². The van der Waals surface area contributed by atoms with Crippen LogP contribution in [0, 0.1) is 0 Å². The van der Waals surface area contributed by atoms with Gasteiger partial charge in [-0.1, -0.05) is 64.1 Å². The monoisotopic (exact) mass is 518 g/mol. The summed E-state index contributed by atoms with van der Waals surface area (Å²) in [6.07, 6.45) is 11.1. The van der Waals surface area contributed by atoms with E-state index >= 15 is 0 Å². The molecule has 1 aromatic heterocycles. The average Bonchev–Trinajstić information content (AvgIpc) is 3.11. The largest absolute Gasteiger partial charge is 0.342 e. The van der Waals surface area contributed by atoms with Crippen LogP contribution in [0.4, 0.5) is 0 Å². The van der Waals surface area contributed by atoms with Crippen molar-refractivity contribution in [3.05, 3.63) is 23.5 Å². The number of nitrogens with one attached hydrogen (secondary N) is 1.